The second-order valence-electron chi connectivity index (χ2n) is 7.25. The summed E-state index contributed by atoms with van der Waals surface area (Å²) in [6, 6.07) is 18.9. The molecule has 0 aliphatic rings. The van der Waals surface area contributed by atoms with Crippen LogP contribution in [0.25, 0.3) is 10.8 Å². The van der Waals surface area contributed by atoms with Gasteiger partial charge in [0.25, 0.3) is 5.69 Å². The minimum absolute atomic E-state index is 0.0103. The normalized spacial score (nSPS) is 11.5. The van der Waals surface area contributed by atoms with E-state index in [1.807, 2.05) is 75.5 Å². The molecular formula is C22H22NO2+. The molecule has 126 valence electrons. The highest BCUT2D eigenvalue weighted by atomic mass is 16.1. The fourth-order valence-electron chi connectivity index (χ4n) is 2.87. The highest BCUT2D eigenvalue weighted by molar-refractivity contribution is 6.07. The first-order valence-electron chi connectivity index (χ1n) is 8.42. The predicted octanol–water partition coefficient (Wildman–Crippen LogP) is 4.24. The van der Waals surface area contributed by atoms with E-state index in [0.29, 0.717) is 11.3 Å². The van der Waals surface area contributed by atoms with Gasteiger partial charge in [0.2, 0.25) is 18.1 Å². The summed E-state index contributed by atoms with van der Waals surface area (Å²) in [5.41, 5.74) is 0.717. The topological polar surface area (TPSA) is 38.0 Å². The standard InChI is InChI=1S/C22H22NO2/c1-22(2,3)21(25)20-18-12-8-7-9-16(18)13-14-23(20)15-19(24)17-10-5-4-6-11-17/h4-14H,15H2,1-3H3/q+1. The van der Waals surface area contributed by atoms with Gasteiger partial charge in [-0.25, -0.2) is 0 Å². The lowest BCUT2D eigenvalue weighted by Gasteiger charge is -2.16. The molecule has 3 heteroatoms. The molecule has 0 atom stereocenters. The first-order valence-corrected chi connectivity index (χ1v) is 8.42. The van der Waals surface area contributed by atoms with Gasteiger partial charge < -0.3 is 0 Å². The number of carbonyl (C=O) groups is 2. The van der Waals surface area contributed by atoms with Gasteiger partial charge in [0.1, 0.15) is 0 Å². The Morgan fingerprint density at radius 3 is 2.20 bits per heavy atom. The first kappa shape index (κ1) is 17.0. The Hall–Kier alpha value is -2.81. The monoisotopic (exact) mass is 332 g/mol. The van der Waals surface area contributed by atoms with Crippen molar-refractivity contribution in [3.63, 3.8) is 0 Å². The summed E-state index contributed by atoms with van der Waals surface area (Å²) >= 11 is 0. The third-order valence-corrected chi connectivity index (χ3v) is 4.24. The molecule has 2 aromatic carbocycles. The van der Waals surface area contributed by atoms with Crippen molar-refractivity contribution < 1.29 is 14.2 Å². The summed E-state index contributed by atoms with van der Waals surface area (Å²) < 4.78 is 1.78. The maximum absolute atomic E-state index is 13.1. The zero-order valence-corrected chi connectivity index (χ0v) is 14.8. The maximum Gasteiger partial charge on any atom is 0.257 e. The molecule has 0 spiro atoms. The molecule has 0 radical (unpaired) electrons. The number of benzene rings is 2. The number of Topliss-reactive ketones (excluding diaryl/α,β-unsaturated/α-hetero) is 2. The molecule has 1 aromatic heterocycles. The van der Waals surface area contributed by atoms with Crippen LogP contribution in [0.1, 0.15) is 41.6 Å². The molecule has 3 rings (SSSR count). The second-order valence-corrected chi connectivity index (χ2v) is 7.25. The zero-order chi connectivity index (χ0) is 18.0. The highest BCUT2D eigenvalue weighted by Crippen LogP contribution is 2.24. The van der Waals surface area contributed by atoms with E-state index in [-0.39, 0.29) is 18.1 Å². The lowest BCUT2D eigenvalue weighted by Crippen LogP contribution is -2.45. The Morgan fingerprint density at radius 2 is 1.52 bits per heavy atom. The largest absolute Gasteiger partial charge is 0.287 e. The van der Waals surface area contributed by atoms with Gasteiger partial charge in [-0.3, -0.25) is 9.59 Å². The van der Waals surface area contributed by atoms with E-state index < -0.39 is 5.41 Å². The highest BCUT2D eigenvalue weighted by Gasteiger charge is 2.33. The SMILES string of the molecule is CC(C)(C)C(=O)c1c2ccccc2cc[n+]1CC(=O)c1ccccc1. The van der Waals surface area contributed by atoms with Crippen molar-refractivity contribution in [2.45, 2.75) is 27.3 Å². The Bertz CT molecular complexity index is 937. The summed E-state index contributed by atoms with van der Waals surface area (Å²) in [7, 11) is 0. The number of pyridine rings is 1. The van der Waals surface area contributed by atoms with E-state index in [0.717, 1.165) is 10.8 Å². The lowest BCUT2D eigenvalue weighted by atomic mass is 9.87. The molecule has 3 nitrogen and oxygen atoms in total. The van der Waals surface area contributed by atoms with Crippen LogP contribution < -0.4 is 4.57 Å². The Labute approximate surface area is 147 Å². The van der Waals surface area contributed by atoms with Gasteiger partial charge in [-0.2, -0.15) is 4.57 Å². The number of hydrogen-bond donors (Lipinski definition) is 0. The molecule has 0 amide bonds. The Balaban J connectivity index is 2.12. The number of hydrogen-bond acceptors (Lipinski definition) is 2. The fraction of sp³-hybridized carbons (Fsp3) is 0.227. The number of aromatic nitrogens is 1. The summed E-state index contributed by atoms with van der Waals surface area (Å²) in [6.07, 6.45) is 1.84. The van der Waals surface area contributed by atoms with Crippen LogP contribution in [-0.4, -0.2) is 11.6 Å². The molecule has 0 fully saturated rings. The van der Waals surface area contributed by atoms with Crippen molar-refractivity contribution in [3.8, 4) is 0 Å². The summed E-state index contributed by atoms with van der Waals surface area (Å²) in [5.74, 6) is 0.0222. The number of fused-ring (bicyclic) bond motifs is 1. The van der Waals surface area contributed by atoms with Gasteiger partial charge in [0.05, 0.1) is 5.39 Å². The van der Waals surface area contributed by atoms with Gasteiger partial charge in [-0.15, -0.1) is 0 Å². The van der Waals surface area contributed by atoms with E-state index in [1.165, 1.54) is 0 Å². The van der Waals surface area contributed by atoms with E-state index in [9.17, 15) is 9.59 Å². The molecular weight excluding hydrogens is 310 g/mol. The van der Waals surface area contributed by atoms with Crippen molar-refractivity contribution in [3.05, 3.63) is 78.1 Å². The lowest BCUT2D eigenvalue weighted by molar-refractivity contribution is -0.683. The molecule has 0 aliphatic heterocycles. The number of rotatable bonds is 4. The third kappa shape index (κ3) is 3.50. The van der Waals surface area contributed by atoms with Gasteiger partial charge in [-0.05, 0) is 11.5 Å². The van der Waals surface area contributed by atoms with Gasteiger partial charge in [0.15, 0.2) is 6.20 Å². The van der Waals surface area contributed by atoms with Crippen molar-refractivity contribution >= 4 is 22.3 Å². The smallest absolute Gasteiger partial charge is 0.257 e. The van der Waals surface area contributed by atoms with Crippen molar-refractivity contribution in [2.75, 3.05) is 0 Å². The molecule has 0 saturated carbocycles. The molecule has 3 aromatic rings. The first-order chi connectivity index (χ1) is 11.9. The van der Waals surface area contributed by atoms with Crippen LogP contribution in [-0.2, 0) is 6.54 Å². The van der Waals surface area contributed by atoms with Crippen LogP contribution in [0.4, 0.5) is 0 Å². The van der Waals surface area contributed by atoms with Gasteiger partial charge in [0, 0.05) is 17.0 Å². The van der Waals surface area contributed by atoms with Crippen LogP contribution in [0, 0.1) is 5.41 Å². The maximum atomic E-state index is 13.1. The third-order valence-electron chi connectivity index (χ3n) is 4.24. The number of carbonyl (C=O) groups excluding carboxylic acids is 2. The molecule has 0 unspecified atom stereocenters. The molecule has 0 N–H and O–H groups in total. The van der Waals surface area contributed by atoms with Crippen LogP contribution in [0.15, 0.2) is 66.9 Å². The fourth-order valence-corrected chi connectivity index (χ4v) is 2.87. The average molecular weight is 332 g/mol. The number of nitrogens with zero attached hydrogens (tertiary/aromatic N) is 1. The van der Waals surface area contributed by atoms with E-state index in [4.69, 9.17) is 0 Å². The zero-order valence-electron chi connectivity index (χ0n) is 14.8. The molecule has 0 bridgehead atoms. The summed E-state index contributed by atoms with van der Waals surface area (Å²) in [5, 5.41) is 1.88. The minimum Gasteiger partial charge on any atom is -0.287 e. The predicted molar refractivity (Wildman–Crippen MR) is 98.7 cm³/mol. The van der Waals surface area contributed by atoms with E-state index in [2.05, 4.69) is 0 Å². The minimum atomic E-state index is -0.526. The molecule has 0 aliphatic carbocycles. The van der Waals surface area contributed by atoms with Gasteiger partial charge >= 0.3 is 0 Å². The second kappa shape index (κ2) is 6.60. The molecule has 25 heavy (non-hydrogen) atoms. The average Bonchev–Trinajstić information content (AvgIpc) is 2.61. The van der Waals surface area contributed by atoms with Gasteiger partial charge in [-0.1, -0.05) is 69.3 Å². The Morgan fingerprint density at radius 1 is 0.880 bits per heavy atom. The van der Waals surface area contributed by atoms with Crippen LogP contribution in [0.3, 0.4) is 0 Å². The number of ketones is 2. The van der Waals surface area contributed by atoms with Crippen LogP contribution in [0.2, 0.25) is 0 Å². The van der Waals surface area contributed by atoms with E-state index in [1.54, 1.807) is 16.7 Å². The van der Waals surface area contributed by atoms with Crippen LogP contribution >= 0.6 is 0 Å². The summed E-state index contributed by atoms with van der Waals surface area (Å²) in [6.45, 7) is 5.85. The van der Waals surface area contributed by atoms with Crippen LogP contribution in [0.5, 0.6) is 0 Å². The van der Waals surface area contributed by atoms with E-state index >= 15 is 0 Å². The summed E-state index contributed by atoms with van der Waals surface area (Å²) in [4.78, 5) is 25.7. The van der Waals surface area contributed by atoms with Crippen molar-refractivity contribution in [2.24, 2.45) is 5.41 Å². The molecule has 1 heterocycles. The molecule has 0 saturated heterocycles. The van der Waals surface area contributed by atoms with Crippen molar-refractivity contribution in [1.29, 1.82) is 0 Å². The quantitative estimate of drug-likeness (QED) is 0.529. The van der Waals surface area contributed by atoms with Crippen molar-refractivity contribution in [1.82, 2.24) is 0 Å². The Kier molecular flexibility index (Phi) is 4.49.